The fraction of sp³-hybridized carbons (Fsp3) is 0.163. The Morgan fingerprint density at radius 2 is 1.07 bits per heavy atom. The number of ether oxygens (including phenoxy) is 2. The van der Waals surface area contributed by atoms with Crippen LogP contribution in [0.15, 0.2) is 116 Å². The monoisotopic (exact) mass is 720 g/mol. The summed E-state index contributed by atoms with van der Waals surface area (Å²) in [6.07, 6.45) is 6.20. The Labute approximate surface area is 289 Å². The van der Waals surface area contributed by atoms with E-state index in [0.29, 0.717) is 0 Å². The fourth-order valence-electron chi connectivity index (χ4n) is 5.24. The molecule has 0 saturated heterocycles. The molecule has 0 N–H and O–H groups in total. The second-order valence-electron chi connectivity index (χ2n) is 11.0. The fourth-order valence-corrected chi connectivity index (χ4v) is 6.13. The third kappa shape index (κ3) is 9.11. The summed E-state index contributed by atoms with van der Waals surface area (Å²) in [7, 11) is 3.42. The largest absolute Gasteiger partial charge is 0.496 e. The first-order chi connectivity index (χ1) is 21.7. The predicted octanol–water partition coefficient (Wildman–Crippen LogP) is 12.7. The molecule has 0 fully saturated rings. The standard InChI is InChI=1S/C21H20O.C11H9IO.C10H12.CH4/c1-15-8-9-17(16(2)14-15)10-12-20-19-7-5-4-6-18(19)11-13-21(20)22-3;1-13-10-7-6-8-4-2-3-5-9(8)11(10)12;1-4-10-6-5-8(2)7-9(10)3;/h4-14H,1-3H3;2-7H,1H3;4-7H,1H2,2-3H3;1H4/b12-10+;;;. The Morgan fingerprint density at radius 3 is 1.61 bits per heavy atom. The van der Waals surface area contributed by atoms with Crippen molar-refractivity contribution in [3.8, 4) is 11.5 Å². The summed E-state index contributed by atoms with van der Waals surface area (Å²) in [5.41, 5.74) is 8.78. The summed E-state index contributed by atoms with van der Waals surface area (Å²) in [5, 5.41) is 4.95. The van der Waals surface area contributed by atoms with Crippen LogP contribution in [0.3, 0.4) is 0 Å². The average Bonchev–Trinajstić information content (AvgIpc) is 3.05. The lowest BCUT2D eigenvalue weighted by molar-refractivity contribution is 0.412. The van der Waals surface area contributed by atoms with Crippen LogP contribution in [0, 0.1) is 31.3 Å². The summed E-state index contributed by atoms with van der Waals surface area (Å²) in [4.78, 5) is 0. The molecule has 0 heterocycles. The van der Waals surface area contributed by atoms with E-state index in [4.69, 9.17) is 9.47 Å². The molecule has 0 aliphatic rings. The second-order valence-corrected chi connectivity index (χ2v) is 12.0. The van der Waals surface area contributed by atoms with Crippen molar-refractivity contribution in [3.05, 3.63) is 158 Å². The number of aryl methyl sites for hydroxylation is 4. The van der Waals surface area contributed by atoms with Gasteiger partial charge < -0.3 is 9.47 Å². The normalized spacial score (nSPS) is 10.3. The van der Waals surface area contributed by atoms with E-state index in [1.54, 1.807) is 14.2 Å². The molecule has 0 bridgehead atoms. The molecule has 0 amide bonds. The van der Waals surface area contributed by atoms with Crippen molar-refractivity contribution < 1.29 is 9.47 Å². The quantitative estimate of drug-likeness (QED) is 0.130. The van der Waals surface area contributed by atoms with E-state index in [2.05, 4.69) is 154 Å². The molecule has 0 unspecified atom stereocenters. The van der Waals surface area contributed by atoms with Crippen molar-refractivity contribution in [1.82, 2.24) is 0 Å². The highest BCUT2D eigenvalue weighted by Crippen LogP contribution is 2.30. The summed E-state index contributed by atoms with van der Waals surface area (Å²) in [5.74, 6) is 1.85. The van der Waals surface area contributed by atoms with E-state index in [1.165, 1.54) is 58.5 Å². The minimum absolute atomic E-state index is 0. The third-order valence-corrected chi connectivity index (χ3v) is 8.81. The molecule has 0 saturated carbocycles. The summed E-state index contributed by atoms with van der Waals surface area (Å²) < 4.78 is 12.0. The van der Waals surface area contributed by atoms with Crippen LogP contribution >= 0.6 is 22.6 Å². The molecule has 0 spiro atoms. The van der Waals surface area contributed by atoms with Gasteiger partial charge in [0.05, 0.1) is 17.8 Å². The van der Waals surface area contributed by atoms with Gasteiger partial charge in [0.25, 0.3) is 0 Å². The van der Waals surface area contributed by atoms with Gasteiger partial charge >= 0.3 is 0 Å². The molecule has 6 aromatic carbocycles. The molecule has 0 aliphatic heterocycles. The van der Waals surface area contributed by atoms with Gasteiger partial charge in [0.1, 0.15) is 11.5 Å². The Bertz CT molecular complexity index is 1950. The molecule has 3 heteroatoms. The van der Waals surface area contributed by atoms with Crippen LogP contribution in [0.2, 0.25) is 0 Å². The molecule has 6 aromatic rings. The van der Waals surface area contributed by atoms with E-state index in [1.807, 2.05) is 30.3 Å². The first-order valence-corrected chi connectivity index (χ1v) is 16.1. The number of hydrogen-bond acceptors (Lipinski definition) is 2. The van der Waals surface area contributed by atoms with Gasteiger partial charge in [0, 0.05) is 5.56 Å². The lowest BCUT2D eigenvalue weighted by Crippen LogP contribution is -1.89. The zero-order valence-electron chi connectivity index (χ0n) is 27.0. The number of hydrogen-bond donors (Lipinski definition) is 0. The van der Waals surface area contributed by atoms with Crippen molar-refractivity contribution in [1.29, 1.82) is 0 Å². The molecule has 6 rings (SSSR count). The van der Waals surface area contributed by atoms with Gasteiger partial charge in [-0.2, -0.15) is 0 Å². The molecule has 46 heavy (non-hydrogen) atoms. The van der Waals surface area contributed by atoms with E-state index in [-0.39, 0.29) is 7.43 Å². The van der Waals surface area contributed by atoms with Crippen LogP contribution in [0.5, 0.6) is 11.5 Å². The van der Waals surface area contributed by atoms with Crippen molar-refractivity contribution in [2.24, 2.45) is 0 Å². The number of benzene rings is 6. The average molecular weight is 721 g/mol. The topological polar surface area (TPSA) is 18.5 Å². The smallest absolute Gasteiger partial charge is 0.132 e. The highest BCUT2D eigenvalue weighted by atomic mass is 127. The van der Waals surface area contributed by atoms with E-state index in [9.17, 15) is 0 Å². The lowest BCUT2D eigenvalue weighted by atomic mass is 10.0. The summed E-state index contributed by atoms with van der Waals surface area (Å²) in [6, 6.07) is 37.8. The molecule has 0 aliphatic carbocycles. The Hall–Kier alpha value is -4.35. The summed E-state index contributed by atoms with van der Waals surface area (Å²) >= 11 is 2.31. The molecule has 0 aromatic heterocycles. The van der Waals surface area contributed by atoms with E-state index in [0.717, 1.165) is 17.1 Å². The van der Waals surface area contributed by atoms with Gasteiger partial charge in [-0.25, -0.2) is 0 Å². The minimum Gasteiger partial charge on any atom is -0.496 e. The van der Waals surface area contributed by atoms with Crippen LogP contribution < -0.4 is 9.47 Å². The van der Waals surface area contributed by atoms with Crippen LogP contribution in [0.25, 0.3) is 39.8 Å². The highest BCUT2D eigenvalue weighted by Gasteiger charge is 2.06. The van der Waals surface area contributed by atoms with Crippen molar-refractivity contribution in [2.45, 2.75) is 35.1 Å². The molecular weight excluding hydrogens is 675 g/mol. The third-order valence-electron chi connectivity index (χ3n) is 7.70. The van der Waals surface area contributed by atoms with E-state index >= 15 is 0 Å². The van der Waals surface area contributed by atoms with Gasteiger partial charge in [-0.3, -0.25) is 0 Å². The maximum absolute atomic E-state index is 5.54. The Kier molecular flexibility index (Phi) is 13.6. The van der Waals surface area contributed by atoms with Crippen LogP contribution in [-0.4, -0.2) is 14.2 Å². The Balaban J connectivity index is 0.000000204. The maximum atomic E-state index is 5.54. The number of halogens is 1. The molecular formula is C43H45IO2. The zero-order chi connectivity index (χ0) is 32.3. The zero-order valence-corrected chi connectivity index (χ0v) is 29.2. The number of fused-ring (bicyclic) bond motifs is 2. The van der Waals surface area contributed by atoms with Gasteiger partial charge in [-0.15, -0.1) is 0 Å². The molecule has 0 atom stereocenters. The van der Waals surface area contributed by atoms with Crippen molar-refractivity contribution >= 4 is 62.4 Å². The molecule has 236 valence electrons. The van der Waals surface area contributed by atoms with Gasteiger partial charge in [0.15, 0.2) is 0 Å². The van der Waals surface area contributed by atoms with Crippen molar-refractivity contribution in [2.75, 3.05) is 14.2 Å². The van der Waals surface area contributed by atoms with Crippen LogP contribution in [0.4, 0.5) is 0 Å². The van der Waals surface area contributed by atoms with Crippen LogP contribution in [0.1, 0.15) is 46.4 Å². The SMILES string of the molecule is C.C=Cc1ccc(C)cc1C.COc1ccc2ccccc2c1/C=C/c1ccc(C)cc1C.COc1ccc2ccccc2c1I. The van der Waals surface area contributed by atoms with Gasteiger partial charge in [0.2, 0.25) is 0 Å². The molecule has 0 radical (unpaired) electrons. The van der Waals surface area contributed by atoms with Crippen molar-refractivity contribution in [3.63, 3.8) is 0 Å². The number of rotatable bonds is 5. The lowest BCUT2D eigenvalue weighted by Gasteiger charge is -2.09. The van der Waals surface area contributed by atoms with Gasteiger partial charge in [-0.1, -0.05) is 140 Å². The predicted molar refractivity (Wildman–Crippen MR) is 211 cm³/mol. The highest BCUT2D eigenvalue weighted by molar-refractivity contribution is 14.1. The minimum atomic E-state index is 0. The summed E-state index contributed by atoms with van der Waals surface area (Å²) in [6.45, 7) is 12.2. The Morgan fingerprint density at radius 1 is 0.565 bits per heavy atom. The maximum Gasteiger partial charge on any atom is 0.132 e. The van der Waals surface area contributed by atoms with Gasteiger partial charge in [-0.05, 0) is 106 Å². The second kappa shape index (κ2) is 17.4. The first-order valence-electron chi connectivity index (χ1n) is 15.0. The molecule has 2 nitrogen and oxygen atoms in total. The van der Waals surface area contributed by atoms with E-state index < -0.39 is 0 Å². The van der Waals surface area contributed by atoms with Crippen LogP contribution in [-0.2, 0) is 0 Å². The number of methoxy groups -OCH3 is 2. The first kappa shape index (κ1) is 36.1.